The van der Waals surface area contributed by atoms with Gasteiger partial charge in [0.25, 0.3) is 0 Å². The number of benzene rings is 1. The van der Waals surface area contributed by atoms with Crippen LogP contribution < -0.4 is 20.1 Å². The van der Waals surface area contributed by atoms with E-state index in [4.69, 9.17) is 18.9 Å². The van der Waals surface area contributed by atoms with Crippen molar-refractivity contribution in [1.29, 1.82) is 0 Å². The molecule has 8 nitrogen and oxygen atoms in total. The van der Waals surface area contributed by atoms with Crippen LogP contribution in [0, 0.1) is 0 Å². The van der Waals surface area contributed by atoms with Crippen molar-refractivity contribution in [1.82, 2.24) is 10.6 Å². The Hall–Kier alpha value is -2.32. The summed E-state index contributed by atoms with van der Waals surface area (Å²) in [5, 5.41) is 4.92. The Labute approximate surface area is 134 Å². The van der Waals surface area contributed by atoms with Gasteiger partial charge in [-0.05, 0) is 12.1 Å². The van der Waals surface area contributed by atoms with Crippen molar-refractivity contribution in [2.24, 2.45) is 0 Å². The van der Waals surface area contributed by atoms with E-state index in [1.165, 1.54) is 14.2 Å². The van der Waals surface area contributed by atoms with Gasteiger partial charge < -0.3 is 29.6 Å². The fraction of sp³-hybridized carbons (Fsp3) is 0.467. The molecule has 0 radical (unpaired) electrons. The van der Waals surface area contributed by atoms with E-state index in [-0.39, 0.29) is 19.2 Å². The van der Waals surface area contributed by atoms with Crippen LogP contribution in [0.25, 0.3) is 0 Å². The SMILES string of the molecule is COC(CNC(=O)C(=O)NCC1COc2ccccc2O1)OC. The lowest BCUT2D eigenvalue weighted by molar-refractivity contribution is -0.142. The average Bonchev–Trinajstić information content (AvgIpc) is 2.60. The number of nitrogens with one attached hydrogen (secondary N) is 2. The number of carbonyl (C=O) groups is 2. The van der Waals surface area contributed by atoms with E-state index in [1.54, 1.807) is 12.1 Å². The van der Waals surface area contributed by atoms with Gasteiger partial charge in [-0.2, -0.15) is 0 Å². The van der Waals surface area contributed by atoms with Crippen LogP contribution in [0.2, 0.25) is 0 Å². The Balaban J connectivity index is 1.73. The number of amides is 2. The molecule has 23 heavy (non-hydrogen) atoms. The third kappa shape index (κ3) is 4.83. The van der Waals surface area contributed by atoms with Gasteiger partial charge in [-0.1, -0.05) is 12.1 Å². The lowest BCUT2D eigenvalue weighted by Gasteiger charge is -2.26. The Morgan fingerprint density at radius 1 is 1.17 bits per heavy atom. The molecule has 2 amide bonds. The van der Waals surface area contributed by atoms with Crippen molar-refractivity contribution in [2.75, 3.05) is 33.9 Å². The molecule has 2 N–H and O–H groups in total. The molecule has 0 bridgehead atoms. The summed E-state index contributed by atoms with van der Waals surface area (Å²) in [6.07, 6.45) is -0.953. The lowest BCUT2D eigenvalue weighted by Crippen LogP contribution is -2.47. The summed E-state index contributed by atoms with van der Waals surface area (Å²) in [6.45, 7) is 0.544. The highest BCUT2D eigenvalue weighted by molar-refractivity contribution is 6.35. The molecular weight excluding hydrogens is 304 g/mol. The van der Waals surface area contributed by atoms with E-state index >= 15 is 0 Å². The Morgan fingerprint density at radius 2 is 1.83 bits per heavy atom. The van der Waals surface area contributed by atoms with E-state index in [0.29, 0.717) is 18.1 Å². The molecule has 1 aromatic rings. The molecule has 1 atom stereocenters. The van der Waals surface area contributed by atoms with Crippen molar-refractivity contribution in [3.05, 3.63) is 24.3 Å². The molecule has 1 aliphatic rings. The molecule has 0 aliphatic carbocycles. The summed E-state index contributed by atoms with van der Waals surface area (Å²) in [5.74, 6) is -0.233. The van der Waals surface area contributed by atoms with Crippen LogP contribution >= 0.6 is 0 Å². The van der Waals surface area contributed by atoms with Gasteiger partial charge in [-0.25, -0.2) is 0 Å². The molecule has 1 aliphatic heterocycles. The zero-order valence-corrected chi connectivity index (χ0v) is 13.0. The van der Waals surface area contributed by atoms with E-state index in [9.17, 15) is 9.59 Å². The molecule has 2 rings (SSSR count). The van der Waals surface area contributed by atoms with Gasteiger partial charge in [0.05, 0.1) is 13.1 Å². The number of hydrogen-bond donors (Lipinski definition) is 2. The molecule has 1 unspecified atom stereocenters. The van der Waals surface area contributed by atoms with Gasteiger partial charge in [0.2, 0.25) is 0 Å². The van der Waals surface area contributed by atoms with E-state index in [0.717, 1.165) is 0 Å². The quantitative estimate of drug-likeness (QED) is 0.550. The summed E-state index contributed by atoms with van der Waals surface area (Å²) in [4.78, 5) is 23.4. The molecule has 8 heteroatoms. The Morgan fingerprint density at radius 3 is 2.52 bits per heavy atom. The minimum Gasteiger partial charge on any atom is -0.486 e. The largest absolute Gasteiger partial charge is 0.486 e. The third-order valence-corrected chi connectivity index (χ3v) is 3.22. The Bertz CT molecular complexity index is 547. The average molecular weight is 324 g/mol. The maximum atomic E-state index is 11.7. The van der Waals surface area contributed by atoms with Gasteiger partial charge in [-0.15, -0.1) is 0 Å². The van der Waals surface area contributed by atoms with Gasteiger partial charge in [0.15, 0.2) is 17.8 Å². The van der Waals surface area contributed by atoms with Crippen LogP contribution in [-0.4, -0.2) is 58.1 Å². The number of carbonyl (C=O) groups excluding carboxylic acids is 2. The van der Waals surface area contributed by atoms with E-state index < -0.39 is 18.1 Å². The summed E-state index contributed by atoms with van der Waals surface area (Å²) in [7, 11) is 2.89. The molecule has 0 fully saturated rings. The zero-order chi connectivity index (χ0) is 16.7. The molecule has 126 valence electrons. The van der Waals surface area contributed by atoms with Crippen molar-refractivity contribution < 1.29 is 28.5 Å². The first-order valence-electron chi connectivity index (χ1n) is 7.14. The molecule has 0 aromatic heterocycles. The summed E-state index contributed by atoms with van der Waals surface area (Å²) >= 11 is 0. The normalized spacial score (nSPS) is 16.0. The number of fused-ring (bicyclic) bond motifs is 1. The van der Waals surface area contributed by atoms with Gasteiger partial charge in [0.1, 0.15) is 12.7 Å². The summed E-state index contributed by atoms with van der Waals surface area (Å²) < 4.78 is 21.0. The molecule has 0 spiro atoms. The second-order valence-electron chi connectivity index (χ2n) is 4.82. The van der Waals surface area contributed by atoms with Gasteiger partial charge in [0, 0.05) is 14.2 Å². The smallest absolute Gasteiger partial charge is 0.309 e. The van der Waals surface area contributed by atoms with E-state index in [2.05, 4.69) is 10.6 Å². The van der Waals surface area contributed by atoms with Crippen molar-refractivity contribution in [3.63, 3.8) is 0 Å². The highest BCUT2D eigenvalue weighted by atomic mass is 16.7. The fourth-order valence-corrected chi connectivity index (χ4v) is 1.97. The maximum absolute atomic E-state index is 11.7. The van der Waals surface area contributed by atoms with Crippen LogP contribution in [0.5, 0.6) is 11.5 Å². The first kappa shape index (κ1) is 17.0. The van der Waals surface area contributed by atoms with Crippen molar-refractivity contribution >= 4 is 11.8 Å². The maximum Gasteiger partial charge on any atom is 0.309 e. The molecule has 0 saturated heterocycles. The fourth-order valence-electron chi connectivity index (χ4n) is 1.97. The number of hydrogen-bond acceptors (Lipinski definition) is 6. The second kappa shape index (κ2) is 8.35. The number of rotatable bonds is 6. The second-order valence-corrected chi connectivity index (χ2v) is 4.82. The topological polar surface area (TPSA) is 95.1 Å². The Kier molecular flexibility index (Phi) is 6.19. The number of methoxy groups -OCH3 is 2. The molecular formula is C15H20N2O6. The van der Waals surface area contributed by atoms with Crippen LogP contribution in [-0.2, 0) is 19.1 Å². The highest BCUT2D eigenvalue weighted by Crippen LogP contribution is 2.30. The number of para-hydroxylation sites is 2. The monoisotopic (exact) mass is 324 g/mol. The van der Waals surface area contributed by atoms with Crippen molar-refractivity contribution in [2.45, 2.75) is 12.4 Å². The van der Waals surface area contributed by atoms with E-state index in [1.807, 2.05) is 12.1 Å². The van der Waals surface area contributed by atoms with Gasteiger partial charge in [-0.3, -0.25) is 9.59 Å². The third-order valence-electron chi connectivity index (χ3n) is 3.22. The first-order valence-corrected chi connectivity index (χ1v) is 7.14. The predicted molar refractivity (Wildman–Crippen MR) is 80.2 cm³/mol. The number of ether oxygens (including phenoxy) is 4. The predicted octanol–water partition coefficient (Wildman–Crippen LogP) is -0.322. The summed E-state index contributed by atoms with van der Waals surface area (Å²) in [6, 6.07) is 7.27. The summed E-state index contributed by atoms with van der Waals surface area (Å²) in [5.41, 5.74) is 0. The highest BCUT2D eigenvalue weighted by Gasteiger charge is 2.22. The van der Waals surface area contributed by atoms with Crippen LogP contribution in [0.1, 0.15) is 0 Å². The molecule has 0 saturated carbocycles. The van der Waals surface area contributed by atoms with Crippen LogP contribution in [0.15, 0.2) is 24.3 Å². The molecule has 1 heterocycles. The standard InChI is InChI=1S/C15H20N2O6/c1-20-13(21-2)8-17-15(19)14(18)16-7-10-9-22-11-5-3-4-6-12(11)23-10/h3-6,10,13H,7-9H2,1-2H3,(H,16,18)(H,17,19). The lowest BCUT2D eigenvalue weighted by atomic mass is 10.2. The zero-order valence-electron chi connectivity index (χ0n) is 13.0. The van der Waals surface area contributed by atoms with Gasteiger partial charge >= 0.3 is 11.8 Å². The first-order chi connectivity index (χ1) is 11.1. The van der Waals surface area contributed by atoms with Crippen LogP contribution in [0.4, 0.5) is 0 Å². The van der Waals surface area contributed by atoms with Crippen molar-refractivity contribution in [3.8, 4) is 11.5 Å². The molecule has 1 aromatic carbocycles. The van der Waals surface area contributed by atoms with Crippen LogP contribution in [0.3, 0.4) is 0 Å². The minimum atomic E-state index is -0.763. The minimum absolute atomic E-state index is 0.0790.